The molecule has 0 fully saturated rings. The highest BCUT2D eigenvalue weighted by Gasteiger charge is 2.32. The number of benzene rings is 2. The number of methoxy groups -OCH3 is 2. The number of hydrogen-bond donors (Lipinski definition) is 0. The highest BCUT2D eigenvalue weighted by molar-refractivity contribution is 5.47. The predicted molar refractivity (Wildman–Crippen MR) is 114 cm³/mol. The van der Waals surface area contributed by atoms with E-state index in [-0.39, 0.29) is 5.92 Å². The molecule has 2 rings (SSSR count). The summed E-state index contributed by atoms with van der Waals surface area (Å²) in [7, 11) is 5.87. The van der Waals surface area contributed by atoms with Gasteiger partial charge in [0.25, 0.3) is 0 Å². The molecule has 0 unspecified atom stereocenters. The standard InChI is InChI=1S/C24H36NO2/c1-18(2)25(5,19(3)4)17-16-20(21-12-8-10-14-23(21)26-6)22-13-9-11-15-24(22)27-7/h8-15,18-20H,16-17H2,1-7H3/q+1. The summed E-state index contributed by atoms with van der Waals surface area (Å²) in [4.78, 5) is 0. The first-order chi connectivity index (χ1) is 12.8. The molecule has 0 atom stereocenters. The molecule has 0 aliphatic heterocycles. The molecule has 0 aliphatic carbocycles. The lowest BCUT2D eigenvalue weighted by Gasteiger charge is -2.43. The maximum absolute atomic E-state index is 5.70. The highest BCUT2D eigenvalue weighted by atomic mass is 16.5. The number of hydrogen-bond acceptors (Lipinski definition) is 2. The van der Waals surface area contributed by atoms with Gasteiger partial charge in [-0.05, 0) is 39.8 Å². The minimum Gasteiger partial charge on any atom is -0.496 e. The van der Waals surface area contributed by atoms with Crippen molar-refractivity contribution in [2.45, 2.75) is 52.1 Å². The Balaban J connectivity index is 2.48. The molecule has 0 amide bonds. The molecule has 2 aromatic carbocycles. The zero-order valence-electron chi connectivity index (χ0n) is 18.0. The first-order valence-corrected chi connectivity index (χ1v) is 9.95. The van der Waals surface area contributed by atoms with Crippen molar-refractivity contribution in [2.24, 2.45) is 0 Å². The molecule has 0 N–H and O–H groups in total. The summed E-state index contributed by atoms with van der Waals surface area (Å²) in [6.45, 7) is 10.4. The highest BCUT2D eigenvalue weighted by Crippen LogP contribution is 2.39. The fraction of sp³-hybridized carbons (Fsp3) is 0.500. The Morgan fingerprint density at radius 2 is 1.15 bits per heavy atom. The molecule has 27 heavy (non-hydrogen) atoms. The van der Waals surface area contributed by atoms with Gasteiger partial charge in [-0.1, -0.05) is 36.4 Å². The van der Waals surface area contributed by atoms with Crippen molar-refractivity contribution in [3.8, 4) is 11.5 Å². The van der Waals surface area contributed by atoms with E-state index in [1.165, 1.54) is 11.1 Å². The summed E-state index contributed by atoms with van der Waals surface area (Å²) in [5.74, 6) is 2.11. The number of quaternary nitrogens is 1. The van der Waals surface area contributed by atoms with Crippen molar-refractivity contribution >= 4 is 0 Å². The maximum Gasteiger partial charge on any atom is 0.122 e. The molecule has 0 heterocycles. The smallest absolute Gasteiger partial charge is 0.122 e. The average Bonchev–Trinajstić information content (AvgIpc) is 2.68. The predicted octanol–water partition coefficient (Wildman–Crippen LogP) is 5.49. The number of para-hydroxylation sites is 2. The lowest BCUT2D eigenvalue weighted by molar-refractivity contribution is -0.949. The van der Waals surface area contributed by atoms with Crippen molar-refractivity contribution < 1.29 is 14.0 Å². The summed E-state index contributed by atoms with van der Waals surface area (Å²) in [5, 5.41) is 0. The Morgan fingerprint density at radius 1 is 0.741 bits per heavy atom. The second-order valence-electron chi connectivity index (χ2n) is 8.08. The molecule has 0 aromatic heterocycles. The SMILES string of the molecule is COc1ccccc1C(CC[N+](C)(C(C)C)C(C)C)c1ccccc1OC. The van der Waals surface area contributed by atoms with Crippen molar-refractivity contribution in [1.29, 1.82) is 0 Å². The van der Waals surface area contributed by atoms with E-state index in [1.807, 2.05) is 12.1 Å². The molecule has 0 saturated carbocycles. The van der Waals surface area contributed by atoms with Gasteiger partial charge in [-0.2, -0.15) is 0 Å². The Morgan fingerprint density at radius 3 is 1.52 bits per heavy atom. The monoisotopic (exact) mass is 370 g/mol. The topological polar surface area (TPSA) is 18.5 Å². The minimum absolute atomic E-state index is 0.229. The van der Waals surface area contributed by atoms with Gasteiger partial charge in [-0.25, -0.2) is 0 Å². The van der Waals surface area contributed by atoms with E-state index >= 15 is 0 Å². The van der Waals surface area contributed by atoms with E-state index in [0.717, 1.165) is 28.9 Å². The lowest BCUT2D eigenvalue weighted by atomic mass is 9.86. The molecule has 0 bridgehead atoms. The van der Waals surface area contributed by atoms with Crippen molar-refractivity contribution in [3.63, 3.8) is 0 Å². The zero-order chi connectivity index (χ0) is 20.0. The van der Waals surface area contributed by atoms with Crippen LogP contribution in [0.1, 0.15) is 51.2 Å². The molecule has 0 spiro atoms. The van der Waals surface area contributed by atoms with Gasteiger partial charge < -0.3 is 14.0 Å². The van der Waals surface area contributed by atoms with Gasteiger partial charge in [0.1, 0.15) is 11.5 Å². The van der Waals surface area contributed by atoms with Crippen LogP contribution in [0.5, 0.6) is 11.5 Å². The summed E-state index contributed by atoms with van der Waals surface area (Å²) in [5.41, 5.74) is 2.45. The molecule has 0 radical (unpaired) electrons. The second-order valence-corrected chi connectivity index (χ2v) is 8.08. The Kier molecular flexibility index (Phi) is 7.32. The normalized spacial score (nSPS) is 12.1. The van der Waals surface area contributed by atoms with Gasteiger partial charge in [0, 0.05) is 23.5 Å². The minimum atomic E-state index is 0.229. The van der Waals surface area contributed by atoms with Crippen LogP contribution in [0.3, 0.4) is 0 Å². The number of ether oxygens (including phenoxy) is 2. The molecule has 2 aromatic rings. The fourth-order valence-corrected chi connectivity index (χ4v) is 3.91. The summed E-state index contributed by atoms with van der Waals surface area (Å²) >= 11 is 0. The number of nitrogens with zero attached hydrogens (tertiary/aromatic N) is 1. The fourth-order valence-electron chi connectivity index (χ4n) is 3.91. The van der Waals surface area contributed by atoms with Crippen LogP contribution in [0.25, 0.3) is 0 Å². The quantitative estimate of drug-likeness (QED) is 0.544. The first-order valence-electron chi connectivity index (χ1n) is 9.95. The molecular formula is C24H36NO2+. The van der Waals surface area contributed by atoms with Crippen LogP contribution in [0.4, 0.5) is 0 Å². The van der Waals surface area contributed by atoms with Gasteiger partial charge in [0.2, 0.25) is 0 Å². The number of rotatable bonds is 9. The maximum atomic E-state index is 5.70. The van der Waals surface area contributed by atoms with Crippen LogP contribution < -0.4 is 9.47 Å². The van der Waals surface area contributed by atoms with Crippen LogP contribution in [0.15, 0.2) is 48.5 Å². The van der Waals surface area contributed by atoms with E-state index in [1.54, 1.807) is 14.2 Å². The van der Waals surface area contributed by atoms with Crippen LogP contribution in [0.2, 0.25) is 0 Å². The lowest BCUT2D eigenvalue weighted by Crippen LogP contribution is -2.55. The van der Waals surface area contributed by atoms with Gasteiger partial charge in [0.05, 0.1) is 39.9 Å². The van der Waals surface area contributed by atoms with E-state index < -0.39 is 0 Å². The molecule has 3 nitrogen and oxygen atoms in total. The van der Waals surface area contributed by atoms with Crippen molar-refractivity contribution in [2.75, 3.05) is 27.8 Å². The van der Waals surface area contributed by atoms with Gasteiger partial charge in [0.15, 0.2) is 0 Å². The van der Waals surface area contributed by atoms with Crippen molar-refractivity contribution in [3.05, 3.63) is 59.7 Å². The Bertz CT molecular complexity index is 668. The zero-order valence-corrected chi connectivity index (χ0v) is 18.0. The van der Waals surface area contributed by atoms with Crippen LogP contribution in [0, 0.1) is 0 Å². The molecule has 148 valence electrons. The molecular weight excluding hydrogens is 334 g/mol. The average molecular weight is 371 g/mol. The largest absolute Gasteiger partial charge is 0.496 e. The summed E-state index contributed by atoms with van der Waals surface area (Å²) in [6.07, 6.45) is 1.04. The first kappa shape index (κ1) is 21.3. The Hall–Kier alpha value is -2.00. The van der Waals surface area contributed by atoms with Crippen LogP contribution >= 0.6 is 0 Å². The van der Waals surface area contributed by atoms with Gasteiger partial charge in [-0.15, -0.1) is 0 Å². The molecule has 0 saturated heterocycles. The van der Waals surface area contributed by atoms with Crippen LogP contribution in [-0.2, 0) is 0 Å². The summed E-state index contributed by atoms with van der Waals surface area (Å²) in [6, 6.07) is 17.9. The summed E-state index contributed by atoms with van der Waals surface area (Å²) < 4.78 is 12.4. The Labute approximate surface area is 165 Å². The molecule has 3 heteroatoms. The van der Waals surface area contributed by atoms with Gasteiger partial charge >= 0.3 is 0 Å². The van der Waals surface area contributed by atoms with E-state index in [0.29, 0.717) is 12.1 Å². The third-order valence-corrected chi connectivity index (χ3v) is 6.29. The van der Waals surface area contributed by atoms with E-state index in [2.05, 4.69) is 71.1 Å². The van der Waals surface area contributed by atoms with E-state index in [9.17, 15) is 0 Å². The van der Waals surface area contributed by atoms with Crippen molar-refractivity contribution in [1.82, 2.24) is 0 Å². The van der Waals surface area contributed by atoms with E-state index in [4.69, 9.17) is 9.47 Å². The molecule has 0 aliphatic rings. The second kappa shape index (κ2) is 9.27. The van der Waals surface area contributed by atoms with Crippen LogP contribution in [-0.4, -0.2) is 44.4 Å². The third-order valence-electron chi connectivity index (χ3n) is 6.29. The third kappa shape index (κ3) is 4.65. The van der Waals surface area contributed by atoms with Gasteiger partial charge in [-0.3, -0.25) is 0 Å².